The van der Waals surface area contributed by atoms with Crippen molar-refractivity contribution in [1.29, 1.82) is 0 Å². The van der Waals surface area contributed by atoms with E-state index in [-0.39, 0.29) is 25.9 Å². The van der Waals surface area contributed by atoms with Crippen LogP contribution in [0.15, 0.2) is 18.5 Å². The minimum Gasteiger partial charge on any atom is -0.346 e. The number of pyridine rings is 1. The number of halogens is 2. The molecule has 1 fully saturated rings. The van der Waals surface area contributed by atoms with Crippen LogP contribution < -0.4 is 4.72 Å². The predicted molar refractivity (Wildman–Crippen MR) is 102 cm³/mol. The molecule has 0 aliphatic carbocycles. The van der Waals surface area contributed by atoms with Crippen molar-refractivity contribution in [3.8, 4) is 0 Å². The highest BCUT2D eigenvalue weighted by atomic mass is 32.2. The second-order valence-electron chi connectivity index (χ2n) is 7.35. The Morgan fingerprint density at radius 3 is 2.93 bits per heavy atom. The third kappa shape index (κ3) is 3.49. The van der Waals surface area contributed by atoms with Gasteiger partial charge in [-0.25, -0.2) is 31.9 Å². The van der Waals surface area contributed by atoms with E-state index in [1.165, 1.54) is 0 Å². The number of piperidine rings is 1. The van der Waals surface area contributed by atoms with Crippen molar-refractivity contribution in [2.75, 3.05) is 32.9 Å². The fraction of sp³-hybridized carbons (Fsp3) is 0.529. The van der Waals surface area contributed by atoms with Gasteiger partial charge in [-0.1, -0.05) is 0 Å². The maximum atomic E-state index is 15.0. The summed E-state index contributed by atoms with van der Waals surface area (Å²) in [6.07, 6.45) is 4.82. The van der Waals surface area contributed by atoms with Crippen molar-refractivity contribution < 1.29 is 17.2 Å². The van der Waals surface area contributed by atoms with Crippen LogP contribution in [0.3, 0.4) is 0 Å². The van der Waals surface area contributed by atoms with Crippen LogP contribution in [0.2, 0.25) is 0 Å². The number of hydrogen-bond donors (Lipinski definition) is 2. The van der Waals surface area contributed by atoms with E-state index in [4.69, 9.17) is 0 Å². The largest absolute Gasteiger partial charge is 0.346 e. The molecule has 1 atom stereocenters. The molecule has 0 amide bonds. The molecule has 1 saturated heterocycles. The number of sulfonamides is 1. The minimum atomic E-state index is -3.38. The predicted octanol–water partition coefficient (Wildman–Crippen LogP) is 1.52. The van der Waals surface area contributed by atoms with E-state index >= 15 is 8.78 Å². The Hall–Kier alpha value is -2.11. The molecule has 152 valence electrons. The summed E-state index contributed by atoms with van der Waals surface area (Å²) in [4.78, 5) is 13.4. The van der Waals surface area contributed by atoms with Gasteiger partial charge in [-0.2, -0.15) is 0 Å². The molecule has 0 radical (unpaired) electrons. The molecule has 4 rings (SSSR count). The number of nitrogens with one attached hydrogen (secondary N) is 2. The Kier molecular flexibility index (Phi) is 4.63. The first-order valence-corrected chi connectivity index (χ1v) is 10.9. The summed E-state index contributed by atoms with van der Waals surface area (Å²) >= 11 is 0. The third-order valence-electron chi connectivity index (χ3n) is 5.08. The highest BCUT2D eigenvalue weighted by Crippen LogP contribution is 2.40. The number of fused-ring (bicyclic) bond motifs is 3. The van der Waals surface area contributed by atoms with Crippen molar-refractivity contribution in [3.05, 3.63) is 24.3 Å². The van der Waals surface area contributed by atoms with E-state index in [1.54, 1.807) is 35.0 Å². The van der Waals surface area contributed by atoms with Gasteiger partial charge in [-0.05, 0) is 19.5 Å². The first-order valence-electron chi connectivity index (χ1n) is 8.99. The van der Waals surface area contributed by atoms with Gasteiger partial charge in [0.05, 0.1) is 24.5 Å². The summed E-state index contributed by atoms with van der Waals surface area (Å²) in [6.45, 7) is 0.298. The molecule has 4 heterocycles. The summed E-state index contributed by atoms with van der Waals surface area (Å²) in [5.41, 5.74) is 1.73. The molecule has 1 unspecified atom stereocenters. The Bertz CT molecular complexity index is 1120. The number of H-pyrrole nitrogens is 1. The number of aromatic nitrogens is 4. The Labute approximate surface area is 161 Å². The van der Waals surface area contributed by atoms with E-state index in [9.17, 15) is 8.42 Å². The molecule has 2 N–H and O–H groups in total. The Morgan fingerprint density at radius 1 is 1.43 bits per heavy atom. The smallest absolute Gasteiger partial charge is 0.280 e. The van der Waals surface area contributed by atoms with Crippen LogP contribution in [-0.2, 0) is 16.4 Å². The van der Waals surface area contributed by atoms with Gasteiger partial charge in [0.15, 0.2) is 0 Å². The van der Waals surface area contributed by atoms with Crippen molar-refractivity contribution in [2.45, 2.75) is 24.8 Å². The first kappa shape index (κ1) is 19.2. The van der Waals surface area contributed by atoms with E-state index in [0.29, 0.717) is 29.0 Å². The molecule has 0 bridgehead atoms. The van der Waals surface area contributed by atoms with Gasteiger partial charge < -0.3 is 14.5 Å². The Morgan fingerprint density at radius 2 is 2.21 bits per heavy atom. The first-order chi connectivity index (χ1) is 13.2. The molecule has 8 nitrogen and oxygen atoms in total. The number of imidazole rings is 1. The number of alkyl halides is 2. The summed E-state index contributed by atoms with van der Waals surface area (Å²) < 4.78 is 56.8. The van der Waals surface area contributed by atoms with Crippen LogP contribution in [-0.4, -0.2) is 71.7 Å². The Balaban J connectivity index is 1.85. The lowest BCUT2D eigenvalue weighted by molar-refractivity contribution is -0.0974. The minimum absolute atomic E-state index is 0.0874. The van der Waals surface area contributed by atoms with Gasteiger partial charge >= 0.3 is 0 Å². The molecule has 1 aliphatic heterocycles. The van der Waals surface area contributed by atoms with E-state index in [2.05, 4.69) is 19.7 Å². The molecule has 3 aromatic heterocycles. The SMILES string of the molecule is CN1CCC(n2c(CCNS(C)(=O)=O)nc3cnc4[nH]ccc4c32)C(F)(F)C1. The fourth-order valence-electron chi connectivity index (χ4n) is 3.92. The lowest BCUT2D eigenvalue weighted by atomic mass is 10.00. The number of likely N-dealkylation sites (tertiary alicyclic amines) is 1. The zero-order chi connectivity index (χ0) is 20.1. The van der Waals surface area contributed by atoms with Gasteiger partial charge in [0.25, 0.3) is 5.92 Å². The highest BCUT2D eigenvalue weighted by molar-refractivity contribution is 7.88. The molecule has 0 saturated carbocycles. The average molecular weight is 412 g/mol. The second kappa shape index (κ2) is 6.75. The maximum absolute atomic E-state index is 15.0. The molecular weight excluding hydrogens is 390 g/mol. The number of hydrogen-bond acceptors (Lipinski definition) is 5. The van der Waals surface area contributed by atoms with Gasteiger partial charge in [0, 0.05) is 31.1 Å². The van der Waals surface area contributed by atoms with Gasteiger partial charge in [-0.3, -0.25) is 0 Å². The maximum Gasteiger partial charge on any atom is 0.280 e. The summed E-state index contributed by atoms with van der Waals surface area (Å²) in [6, 6.07) is 0.747. The van der Waals surface area contributed by atoms with Crippen LogP contribution in [0.4, 0.5) is 8.78 Å². The zero-order valence-electron chi connectivity index (χ0n) is 15.6. The molecule has 1 aliphatic rings. The zero-order valence-corrected chi connectivity index (χ0v) is 16.4. The quantitative estimate of drug-likeness (QED) is 0.662. The second-order valence-corrected chi connectivity index (χ2v) is 9.18. The monoisotopic (exact) mass is 412 g/mol. The van der Waals surface area contributed by atoms with E-state index in [0.717, 1.165) is 11.6 Å². The van der Waals surface area contributed by atoms with Crippen molar-refractivity contribution in [3.63, 3.8) is 0 Å². The van der Waals surface area contributed by atoms with Crippen LogP contribution in [0.1, 0.15) is 18.3 Å². The summed E-state index contributed by atoms with van der Waals surface area (Å²) in [5, 5.41) is 0.724. The topological polar surface area (TPSA) is 95.9 Å². The lowest BCUT2D eigenvalue weighted by Crippen LogP contribution is -2.48. The highest BCUT2D eigenvalue weighted by Gasteiger charge is 2.46. The molecule has 11 heteroatoms. The van der Waals surface area contributed by atoms with Crippen molar-refractivity contribution >= 4 is 32.1 Å². The molecular formula is C17H22F2N6O2S. The number of nitrogens with zero attached hydrogens (tertiary/aromatic N) is 4. The molecule has 3 aromatic rings. The van der Waals surface area contributed by atoms with E-state index in [1.807, 2.05) is 0 Å². The fourth-order valence-corrected chi connectivity index (χ4v) is 4.39. The standard InChI is InChI=1S/C17H22F2N6O2S/c1-24-8-5-13(17(18,19)10-24)25-14(4-7-22-28(2,26)27)23-12-9-21-16-11(15(12)25)3-6-20-16/h3,6,9,13,22H,4-5,7-8,10H2,1-2H3,(H,20,21). The number of rotatable bonds is 5. The van der Waals surface area contributed by atoms with Crippen LogP contribution in [0.25, 0.3) is 22.1 Å². The average Bonchev–Trinajstić information content (AvgIpc) is 3.16. The van der Waals surface area contributed by atoms with Crippen LogP contribution in [0, 0.1) is 0 Å². The van der Waals surface area contributed by atoms with Gasteiger partial charge in [0.1, 0.15) is 23.0 Å². The van der Waals surface area contributed by atoms with Crippen molar-refractivity contribution in [2.24, 2.45) is 0 Å². The van der Waals surface area contributed by atoms with Crippen LogP contribution >= 0.6 is 0 Å². The lowest BCUT2D eigenvalue weighted by Gasteiger charge is -2.38. The summed E-state index contributed by atoms with van der Waals surface area (Å²) in [7, 11) is -1.70. The summed E-state index contributed by atoms with van der Waals surface area (Å²) in [5.74, 6) is -2.51. The van der Waals surface area contributed by atoms with Gasteiger partial charge in [0.2, 0.25) is 10.0 Å². The molecule has 28 heavy (non-hydrogen) atoms. The number of aromatic amines is 1. The normalized spacial score (nSPS) is 20.9. The third-order valence-corrected chi connectivity index (χ3v) is 5.81. The molecule has 0 spiro atoms. The van der Waals surface area contributed by atoms with Crippen molar-refractivity contribution in [1.82, 2.24) is 29.1 Å². The van der Waals surface area contributed by atoms with Crippen LogP contribution in [0.5, 0.6) is 0 Å². The molecule has 0 aromatic carbocycles. The van der Waals surface area contributed by atoms with Gasteiger partial charge in [-0.15, -0.1) is 0 Å². The van der Waals surface area contributed by atoms with E-state index < -0.39 is 22.0 Å².